The van der Waals surface area contributed by atoms with Crippen molar-refractivity contribution in [1.82, 2.24) is 10.6 Å². The topological polar surface area (TPSA) is 151 Å². The van der Waals surface area contributed by atoms with Gasteiger partial charge in [0.05, 0.1) is 11.8 Å². The van der Waals surface area contributed by atoms with Crippen LogP contribution in [0.4, 0.5) is 9.59 Å². The van der Waals surface area contributed by atoms with Crippen molar-refractivity contribution in [2.75, 3.05) is 0 Å². The molecule has 4 atom stereocenters. The van der Waals surface area contributed by atoms with E-state index >= 15 is 0 Å². The molecule has 0 spiro atoms. The van der Waals surface area contributed by atoms with E-state index in [-0.39, 0.29) is 13.2 Å². The first-order valence-corrected chi connectivity index (χ1v) is 13.0. The first-order valence-electron chi connectivity index (χ1n) is 13.0. The predicted octanol–water partition coefficient (Wildman–Crippen LogP) is 4.66. The number of amides is 2. The summed E-state index contributed by atoms with van der Waals surface area (Å²) >= 11 is 0. The van der Waals surface area contributed by atoms with Crippen molar-refractivity contribution in [3.63, 3.8) is 0 Å². The van der Waals surface area contributed by atoms with Crippen LogP contribution < -0.4 is 10.6 Å². The summed E-state index contributed by atoms with van der Waals surface area (Å²) in [5.74, 6) is -2.99. The third-order valence-electron chi connectivity index (χ3n) is 6.53. The number of rotatable bonds is 8. The molecule has 0 bridgehead atoms. The Morgan fingerprint density at radius 2 is 0.950 bits per heavy atom. The minimum absolute atomic E-state index is 0.174. The van der Waals surface area contributed by atoms with Crippen molar-refractivity contribution in [1.29, 1.82) is 0 Å². The lowest BCUT2D eigenvalue weighted by Gasteiger charge is -2.25. The Labute approximate surface area is 232 Å². The third-order valence-corrected chi connectivity index (χ3v) is 6.53. The lowest BCUT2D eigenvalue weighted by molar-refractivity contribution is -0.143. The molecular formula is C30H34N2O8. The molecule has 0 radical (unpaired) electrons. The van der Waals surface area contributed by atoms with Crippen molar-refractivity contribution in [3.8, 4) is 0 Å². The van der Waals surface area contributed by atoms with Crippen LogP contribution in [-0.4, -0.2) is 46.4 Å². The zero-order valence-corrected chi connectivity index (χ0v) is 22.0. The summed E-state index contributed by atoms with van der Waals surface area (Å²) < 4.78 is 10.2. The van der Waals surface area contributed by atoms with E-state index in [2.05, 4.69) is 10.6 Å². The zero-order valence-electron chi connectivity index (χ0n) is 22.0. The molecule has 4 rings (SSSR count). The van der Waals surface area contributed by atoms with E-state index in [1.165, 1.54) is 0 Å². The number of carbonyl (C=O) groups excluding carboxylic acids is 2. The highest BCUT2D eigenvalue weighted by Crippen LogP contribution is 2.20. The van der Waals surface area contributed by atoms with Gasteiger partial charge in [-0.3, -0.25) is 9.59 Å². The molecule has 212 valence electrons. The summed E-state index contributed by atoms with van der Waals surface area (Å²) in [4.78, 5) is 45.6. The zero-order chi connectivity index (χ0) is 28.7. The van der Waals surface area contributed by atoms with Gasteiger partial charge in [-0.15, -0.1) is 0 Å². The van der Waals surface area contributed by atoms with Crippen LogP contribution in [0, 0.1) is 11.8 Å². The van der Waals surface area contributed by atoms with Gasteiger partial charge in [0, 0.05) is 12.1 Å². The van der Waals surface area contributed by atoms with E-state index < -0.39 is 48.0 Å². The minimum Gasteiger partial charge on any atom is -0.481 e. The number of carbonyl (C=O) groups is 4. The van der Waals surface area contributed by atoms with Crippen LogP contribution in [0.3, 0.4) is 0 Å². The number of nitrogens with one attached hydrogen (secondary N) is 2. The van der Waals surface area contributed by atoms with E-state index in [4.69, 9.17) is 19.7 Å². The summed E-state index contributed by atoms with van der Waals surface area (Å²) in [7, 11) is 0. The van der Waals surface area contributed by atoms with E-state index in [9.17, 15) is 19.2 Å². The van der Waals surface area contributed by atoms with Gasteiger partial charge in [-0.1, -0.05) is 85.0 Å². The monoisotopic (exact) mass is 550 g/mol. The van der Waals surface area contributed by atoms with E-state index in [1.807, 2.05) is 85.0 Å². The van der Waals surface area contributed by atoms with Gasteiger partial charge in [0.2, 0.25) is 0 Å². The minimum atomic E-state index is -0.900. The van der Waals surface area contributed by atoms with E-state index in [1.54, 1.807) is 0 Å². The highest BCUT2D eigenvalue weighted by atomic mass is 16.6. The lowest BCUT2D eigenvalue weighted by Crippen LogP contribution is -2.44. The molecule has 0 unspecified atom stereocenters. The van der Waals surface area contributed by atoms with Gasteiger partial charge in [0.25, 0.3) is 0 Å². The molecule has 2 aromatic carbocycles. The molecule has 40 heavy (non-hydrogen) atoms. The number of hydrogen-bond acceptors (Lipinski definition) is 6. The maximum Gasteiger partial charge on any atom is 0.407 e. The van der Waals surface area contributed by atoms with Crippen molar-refractivity contribution in [2.24, 2.45) is 11.8 Å². The number of carboxylic acid groups (broad SMARTS) is 2. The van der Waals surface area contributed by atoms with E-state index in [0.29, 0.717) is 25.7 Å². The van der Waals surface area contributed by atoms with Gasteiger partial charge in [0.15, 0.2) is 0 Å². The quantitative estimate of drug-likeness (QED) is 0.346. The number of ether oxygens (including phenoxy) is 2. The maximum atomic E-state index is 11.7. The summed E-state index contributed by atoms with van der Waals surface area (Å²) in [5.41, 5.74) is 1.78. The average Bonchev–Trinajstić information content (AvgIpc) is 2.97. The Morgan fingerprint density at radius 3 is 1.30 bits per heavy atom. The molecular weight excluding hydrogens is 516 g/mol. The van der Waals surface area contributed by atoms with Gasteiger partial charge in [-0.05, 0) is 36.8 Å². The fourth-order valence-corrected chi connectivity index (χ4v) is 4.33. The molecule has 10 nitrogen and oxygen atoms in total. The Kier molecular flexibility index (Phi) is 11.8. The molecule has 10 heteroatoms. The summed E-state index contributed by atoms with van der Waals surface area (Å²) in [6.45, 7) is 0.347. The number of alkyl carbamates (subject to hydrolysis) is 2. The number of carboxylic acids is 2. The molecule has 4 N–H and O–H groups in total. The van der Waals surface area contributed by atoms with Crippen LogP contribution in [0.25, 0.3) is 0 Å². The van der Waals surface area contributed by atoms with Crippen LogP contribution >= 0.6 is 0 Å². The standard InChI is InChI=1S/2C15H17NO4/c2*17-14(18)12-8-4-5-9-13(12)16-15(19)20-10-11-6-2-1-3-7-11/h2*1-7,12-13H,8-10H2,(H,16,19)(H,17,18)/t2*12-,13+/m10/s1. The SMILES string of the molecule is O=C(N[C@@H]1CC=CC[C@@H]1C(=O)O)OCc1ccccc1.O=C(N[C@H]1CC=CC[C@H]1C(=O)O)OCc1ccccc1. The normalized spacial score (nSPS) is 21.2. The third kappa shape index (κ3) is 9.94. The fourth-order valence-electron chi connectivity index (χ4n) is 4.33. The number of hydrogen-bond donors (Lipinski definition) is 4. The second kappa shape index (κ2) is 15.7. The van der Waals surface area contributed by atoms with Gasteiger partial charge >= 0.3 is 24.1 Å². The number of benzene rings is 2. The highest BCUT2D eigenvalue weighted by Gasteiger charge is 2.31. The Morgan fingerprint density at radius 1 is 0.600 bits per heavy atom. The number of allylic oxidation sites excluding steroid dienone is 2. The second-order valence-corrected chi connectivity index (χ2v) is 9.40. The largest absolute Gasteiger partial charge is 0.481 e. The van der Waals surface area contributed by atoms with Crippen LogP contribution in [0.5, 0.6) is 0 Å². The molecule has 0 fully saturated rings. The van der Waals surface area contributed by atoms with Crippen molar-refractivity contribution >= 4 is 24.1 Å². The van der Waals surface area contributed by atoms with Crippen LogP contribution in [0.2, 0.25) is 0 Å². The second-order valence-electron chi connectivity index (χ2n) is 9.40. The van der Waals surface area contributed by atoms with Crippen LogP contribution in [0.1, 0.15) is 36.8 Å². The molecule has 0 saturated carbocycles. The van der Waals surface area contributed by atoms with Crippen LogP contribution in [0.15, 0.2) is 85.0 Å². The first kappa shape index (κ1) is 29.9. The fraction of sp³-hybridized carbons (Fsp3) is 0.333. The smallest absolute Gasteiger partial charge is 0.407 e. The summed E-state index contributed by atoms with van der Waals surface area (Å²) in [5, 5.41) is 23.5. The first-order chi connectivity index (χ1) is 19.3. The molecule has 0 aliphatic heterocycles. The molecule has 0 saturated heterocycles. The molecule has 2 aliphatic carbocycles. The maximum absolute atomic E-state index is 11.7. The molecule has 2 aromatic rings. The molecule has 0 heterocycles. The molecule has 2 aliphatic rings. The van der Waals surface area contributed by atoms with Gasteiger partial charge < -0.3 is 30.3 Å². The van der Waals surface area contributed by atoms with Crippen molar-refractivity contribution < 1.29 is 38.9 Å². The van der Waals surface area contributed by atoms with Gasteiger partial charge in [-0.25, -0.2) is 9.59 Å². The van der Waals surface area contributed by atoms with Gasteiger partial charge in [-0.2, -0.15) is 0 Å². The van der Waals surface area contributed by atoms with E-state index in [0.717, 1.165) is 11.1 Å². The molecule has 0 aromatic heterocycles. The van der Waals surface area contributed by atoms with Crippen molar-refractivity contribution in [2.45, 2.75) is 51.0 Å². The predicted molar refractivity (Wildman–Crippen MR) is 146 cm³/mol. The van der Waals surface area contributed by atoms with Crippen molar-refractivity contribution in [3.05, 3.63) is 96.1 Å². The number of aliphatic carboxylic acids is 2. The Bertz CT molecular complexity index is 1090. The van der Waals surface area contributed by atoms with Crippen LogP contribution in [-0.2, 0) is 32.3 Å². The Hall–Kier alpha value is -4.60. The lowest BCUT2D eigenvalue weighted by atomic mass is 9.89. The summed E-state index contributed by atoms with van der Waals surface area (Å²) in [6, 6.07) is 17.8. The average molecular weight is 551 g/mol. The summed E-state index contributed by atoms with van der Waals surface area (Å²) in [6.07, 6.45) is 8.12. The Balaban J connectivity index is 0.000000220. The highest BCUT2D eigenvalue weighted by molar-refractivity contribution is 5.74. The van der Waals surface area contributed by atoms with Gasteiger partial charge in [0.1, 0.15) is 13.2 Å². The molecule has 2 amide bonds.